The standard InChI is InChI=1S/C16H9F5/c1-10-2-5-13(15(18)8-10)12-4-3-11(14(17)9-12)6-7-16(19,20)21/h2-5,8-9H,1H3. The van der Waals surface area contributed by atoms with E-state index in [9.17, 15) is 22.0 Å². The summed E-state index contributed by atoms with van der Waals surface area (Å²) in [5, 5.41) is 0. The van der Waals surface area contributed by atoms with Crippen molar-refractivity contribution >= 4 is 0 Å². The van der Waals surface area contributed by atoms with Crippen molar-refractivity contribution < 1.29 is 22.0 Å². The van der Waals surface area contributed by atoms with Gasteiger partial charge in [0.25, 0.3) is 0 Å². The lowest BCUT2D eigenvalue weighted by atomic mass is 10.0. The number of aryl methyl sites for hydroxylation is 1. The van der Waals surface area contributed by atoms with E-state index in [2.05, 4.69) is 0 Å². The van der Waals surface area contributed by atoms with Crippen LogP contribution in [0.2, 0.25) is 0 Å². The molecule has 0 heterocycles. The van der Waals surface area contributed by atoms with Crippen molar-refractivity contribution in [2.45, 2.75) is 13.1 Å². The zero-order valence-electron chi connectivity index (χ0n) is 10.9. The second-order valence-electron chi connectivity index (χ2n) is 4.43. The highest BCUT2D eigenvalue weighted by molar-refractivity contribution is 5.65. The summed E-state index contributed by atoms with van der Waals surface area (Å²) in [5.74, 6) is 1.25. The normalized spacial score (nSPS) is 11.0. The maximum atomic E-state index is 13.8. The largest absolute Gasteiger partial charge is 0.458 e. The summed E-state index contributed by atoms with van der Waals surface area (Å²) in [5.41, 5.74) is 0.741. The van der Waals surface area contributed by atoms with Crippen molar-refractivity contribution in [1.29, 1.82) is 0 Å². The van der Waals surface area contributed by atoms with Gasteiger partial charge >= 0.3 is 6.18 Å². The van der Waals surface area contributed by atoms with Crippen LogP contribution < -0.4 is 0 Å². The van der Waals surface area contributed by atoms with Crippen LogP contribution in [0.25, 0.3) is 11.1 Å². The third-order valence-corrected chi connectivity index (χ3v) is 2.74. The summed E-state index contributed by atoms with van der Waals surface area (Å²) in [6.45, 7) is 1.71. The Balaban J connectivity index is 2.41. The van der Waals surface area contributed by atoms with Gasteiger partial charge in [0, 0.05) is 11.5 Å². The van der Waals surface area contributed by atoms with Crippen molar-refractivity contribution in [3.05, 3.63) is 59.2 Å². The molecule has 0 bridgehead atoms. The average Bonchev–Trinajstić information content (AvgIpc) is 2.36. The molecule has 0 amide bonds. The molecule has 2 rings (SSSR count). The van der Waals surface area contributed by atoms with Gasteiger partial charge in [-0.2, -0.15) is 13.2 Å². The molecule has 2 aromatic carbocycles. The molecule has 0 aliphatic heterocycles. The molecule has 0 radical (unpaired) electrons. The van der Waals surface area contributed by atoms with E-state index in [1.807, 2.05) is 0 Å². The van der Waals surface area contributed by atoms with E-state index in [-0.39, 0.29) is 16.7 Å². The first-order chi connectivity index (χ1) is 9.76. The zero-order chi connectivity index (χ0) is 15.6. The van der Waals surface area contributed by atoms with Crippen LogP contribution in [0.5, 0.6) is 0 Å². The van der Waals surface area contributed by atoms with Crippen molar-refractivity contribution in [1.82, 2.24) is 0 Å². The molecule has 0 nitrogen and oxygen atoms in total. The molecule has 0 atom stereocenters. The van der Waals surface area contributed by atoms with Gasteiger partial charge in [-0.3, -0.25) is 0 Å². The van der Waals surface area contributed by atoms with Crippen molar-refractivity contribution in [3.63, 3.8) is 0 Å². The lowest BCUT2D eigenvalue weighted by Gasteiger charge is -2.05. The second kappa shape index (κ2) is 5.57. The van der Waals surface area contributed by atoms with Crippen molar-refractivity contribution in [2.24, 2.45) is 0 Å². The molecule has 0 aromatic heterocycles. The van der Waals surface area contributed by atoms with E-state index < -0.39 is 17.8 Å². The summed E-state index contributed by atoms with van der Waals surface area (Å²) in [7, 11) is 0. The minimum Gasteiger partial charge on any atom is -0.206 e. The Morgan fingerprint density at radius 3 is 2.19 bits per heavy atom. The summed E-state index contributed by atoms with van der Waals surface area (Å²) >= 11 is 0. The van der Waals surface area contributed by atoms with E-state index in [4.69, 9.17) is 0 Å². The SMILES string of the molecule is Cc1ccc(-c2ccc(C#CC(F)(F)F)c(F)c2)c(F)c1. The predicted molar refractivity (Wildman–Crippen MR) is 69.5 cm³/mol. The number of hydrogen-bond acceptors (Lipinski definition) is 0. The van der Waals surface area contributed by atoms with Gasteiger partial charge in [0.05, 0.1) is 5.56 Å². The summed E-state index contributed by atoms with van der Waals surface area (Å²) < 4.78 is 63.4. The van der Waals surface area contributed by atoms with E-state index >= 15 is 0 Å². The number of halogens is 5. The van der Waals surface area contributed by atoms with Gasteiger partial charge in [0.15, 0.2) is 0 Å². The third-order valence-electron chi connectivity index (χ3n) is 2.74. The van der Waals surface area contributed by atoms with Gasteiger partial charge in [0.1, 0.15) is 11.6 Å². The van der Waals surface area contributed by atoms with Gasteiger partial charge in [-0.25, -0.2) is 8.78 Å². The summed E-state index contributed by atoms with van der Waals surface area (Å²) in [6.07, 6.45) is -4.69. The van der Waals surface area contributed by atoms with E-state index in [0.29, 0.717) is 5.56 Å². The first-order valence-electron chi connectivity index (χ1n) is 5.92. The third kappa shape index (κ3) is 3.82. The highest BCUT2D eigenvalue weighted by atomic mass is 19.4. The van der Waals surface area contributed by atoms with Crippen molar-refractivity contribution in [3.8, 4) is 23.0 Å². The Morgan fingerprint density at radius 1 is 0.905 bits per heavy atom. The van der Waals surface area contributed by atoms with E-state index in [1.54, 1.807) is 18.9 Å². The number of hydrogen-bond donors (Lipinski definition) is 0. The molecule has 0 aliphatic rings. The topological polar surface area (TPSA) is 0 Å². The molecule has 0 fully saturated rings. The number of benzene rings is 2. The lowest BCUT2D eigenvalue weighted by Crippen LogP contribution is -2.01. The van der Waals surface area contributed by atoms with Gasteiger partial charge in [-0.05, 0) is 36.2 Å². The molecule has 5 heteroatoms. The minimum absolute atomic E-state index is 0.176. The van der Waals surface area contributed by atoms with Gasteiger partial charge in [-0.1, -0.05) is 24.1 Å². The van der Waals surface area contributed by atoms with Gasteiger partial charge < -0.3 is 0 Å². The molecule has 0 saturated carbocycles. The molecule has 0 spiro atoms. The molecule has 108 valence electrons. The van der Waals surface area contributed by atoms with Crippen LogP contribution in [0, 0.1) is 30.4 Å². The predicted octanol–water partition coefficient (Wildman–Crippen LogP) is 4.85. The van der Waals surface area contributed by atoms with E-state index in [1.165, 1.54) is 18.2 Å². The molecule has 2 aromatic rings. The molecule has 0 aliphatic carbocycles. The molecule has 21 heavy (non-hydrogen) atoms. The average molecular weight is 296 g/mol. The molecule has 0 unspecified atom stereocenters. The molecular formula is C16H9F5. The summed E-state index contributed by atoms with van der Waals surface area (Å²) in [6, 6.07) is 7.84. The summed E-state index contributed by atoms with van der Waals surface area (Å²) in [4.78, 5) is 0. The fraction of sp³-hybridized carbons (Fsp3) is 0.125. The fourth-order valence-electron chi connectivity index (χ4n) is 1.78. The Kier molecular flexibility index (Phi) is 3.99. The maximum absolute atomic E-state index is 13.8. The van der Waals surface area contributed by atoms with Crippen LogP contribution in [-0.2, 0) is 0 Å². The van der Waals surface area contributed by atoms with Crippen LogP contribution in [0.3, 0.4) is 0 Å². The molecule has 0 N–H and O–H groups in total. The number of alkyl halides is 3. The van der Waals surface area contributed by atoms with Gasteiger partial charge in [0.2, 0.25) is 0 Å². The Bertz CT molecular complexity index is 733. The quantitative estimate of drug-likeness (QED) is 0.521. The first kappa shape index (κ1) is 15.0. The lowest BCUT2D eigenvalue weighted by molar-refractivity contribution is -0.0696. The Labute approximate surface area is 118 Å². The monoisotopic (exact) mass is 296 g/mol. The van der Waals surface area contributed by atoms with Crippen LogP contribution in [0.15, 0.2) is 36.4 Å². The van der Waals surface area contributed by atoms with Gasteiger partial charge in [-0.15, -0.1) is 0 Å². The van der Waals surface area contributed by atoms with E-state index in [0.717, 1.165) is 18.1 Å². The highest BCUT2D eigenvalue weighted by Crippen LogP contribution is 2.25. The fourth-order valence-corrected chi connectivity index (χ4v) is 1.78. The Hall–Kier alpha value is -2.35. The van der Waals surface area contributed by atoms with Crippen molar-refractivity contribution in [2.75, 3.05) is 0 Å². The molecular weight excluding hydrogens is 287 g/mol. The maximum Gasteiger partial charge on any atom is 0.458 e. The highest BCUT2D eigenvalue weighted by Gasteiger charge is 2.23. The second-order valence-corrected chi connectivity index (χ2v) is 4.43. The van der Waals surface area contributed by atoms with Crippen LogP contribution in [0.1, 0.15) is 11.1 Å². The number of rotatable bonds is 1. The first-order valence-corrected chi connectivity index (χ1v) is 5.92. The smallest absolute Gasteiger partial charge is 0.206 e. The van der Waals surface area contributed by atoms with Crippen LogP contribution in [0.4, 0.5) is 22.0 Å². The minimum atomic E-state index is -4.69. The van der Waals surface area contributed by atoms with Crippen LogP contribution >= 0.6 is 0 Å². The zero-order valence-corrected chi connectivity index (χ0v) is 10.9. The van der Waals surface area contributed by atoms with Crippen LogP contribution in [-0.4, -0.2) is 6.18 Å². The molecule has 0 saturated heterocycles. The Morgan fingerprint density at radius 2 is 1.62 bits per heavy atom.